The maximum atomic E-state index is 10.9. The minimum atomic E-state index is 0.328. The first kappa shape index (κ1) is 21.2. The molecule has 128 valence electrons. The predicted octanol–water partition coefficient (Wildman–Crippen LogP) is 6.58. The molecule has 0 spiro atoms. The van der Waals surface area contributed by atoms with Crippen LogP contribution < -0.4 is 0 Å². The number of carbonyl (C=O) groups excluding carboxylic acids is 1. The van der Waals surface area contributed by atoms with Crippen LogP contribution in [0.15, 0.2) is 18.4 Å². The van der Waals surface area contributed by atoms with Crippen molar-refractivity contribution in [3.63, 3.8) is 0 Å². The van der Waals surface area contributed by atoms with Crippen LogP contribution in [0.25, 0.3) is 0 Å². The van der Waals surface area contributed by atoms with Crippen LogP contribution in [-0.2, 0) is 4.79 Å². The molecule has 0 rings (SSSR count). The highest BCUT2D eigenvalue weighted by Gasteiger charge is 2.12. The molecule has 0 saturated carbocycles. The molecule has 3 atom stereocenters. The second kappa shape index (κ2) is 12.7. The third kappa shape index (κ3) is 11.8. The summed E-state index contributed by atoms with van der Waals surface area (Å²) in [6.07, 6.45) is 11.7. The molecule has 0 heterocycles. The molecule has 0 aliphatic carbocycles. The largest absolute Gasteiger partial charge is 0.300 e. The summed E-state index contributed by atoms with van der Waals surface area (Å²) < 4.78 is 0. The standard InChI is InChI=1S/C21H38O/c1-7-10-21(17(2)3)16-15-19(5)12-8-11-18(4)13-9-14-20(6)22/h10,17-19,21H,1,8-9,11-16H2,2-6H3. The fourth-order valence-electron chi connectivity index (χ4n) is 3.04. The SMILES string of the molecule is C=C=CC(CCC(C)CCCC(C)CCCC(C)=O)C(C)C. The van der Waals surface area contributed by atoms with Gasteiger partial charge in [0.15, 0.2) is 0 Å². The molecule has 22 heavy (non-hydrogen) atoms. The zero-order valence-corrected chi connectivity index (χ0v) is 15.7. The monoisotopic (exact) mass is 306 g/mol. The first-order valence-electron chi connectivity index (χ1n) is 9.22. The van der Waals surface area contributed by atoms with Crippen molar-refractivity contribution >= 4 is 5.78 Å². The van der Waals surface area contributed by atoms with Crippen molar-refractivity contribution in [1.82, 2.24) is 0 Å². The molecule has 0 saturated heterocycles. The summed E-state index contributed by atoms with van der Waals surface area (Å²) in [5.74, 6) is 3.21. The number of hydrogen-bond donors (Lipinski definition) is 0. The van der Waals surface area contributed by atoms with Gasteiger partial charge in [-0.25, -0.2) is 0 Å². The van der Waals surface area contributed by atoms with Crippen LogP contribution in [0.2, 0.25) is 0 Å². The van der Waals surface area contributed by atoms with Crippen molar-refractivity contribution in [2.75, 3.05) is 0 Å². The van der Waals surface area contributed by atoms with Gasteiger partial charge in [-0.2, -0.15) is 0 Å². The smallest absolute Gasteiger partial charge is 0.129 e. The van der Waals surface area contributed by atoms with Gasteiger partial charge < -0.3 is 4.79 Å². The Balaban J connectivity index is 3.78. The van der Waals surface area contributed by atoms with E-state index in [2.05, 4.69) is 46.1 Å². The average Bonchev–Trinajstić information content (AvgIpc) is 2.42. The Morgan fingerprint density at radius 1 is 0.955 bits per heavy atom. The minimum Gasteiger partial charge on any atom is -0.300 e. The van der Waals surface area contributed by atoms with Gasteiger partial charge in [0.05, 0.1) is 0 Å². The van der Waals surface area contributed by atoms with Crippen molar-refractivity contribution in [3.8, 4) is 0 Å². The van der Waals surface area contributed by atoms with E-state index in [1.807, 2.05) is 0 Å². The predicted molar refractivity (Wildman–Crippen MR) is 98.0 cm³/mol. The highest BCUT2D eigenvalue weighted by Crippen LogP contribution is 2.24. The second-order valence-corrected chi connectivity index (χ2v) is 7.59. The molecule has 0 N–H and O–H groups in total. The Bertz CT molecular complexity index is 336. The lowest BCUT2D eigenvalue weighted by atomic mass is 9.86. The van der Waals surface area contributed by atoms with Gasteiger partial charge in [0, 0.05) is 6.42 Å². The lowest BCUT2D eigenvalue weighted by Crippen LogP contribution is -2.08. The van der Waals surface area contributed by atoms with E-state index in [4.69, 9.17) is 0 Å². The summed E-state index contributed by atoms with van der Waals surface area (Å²) in [6, 6.07) is 0. The van der Waals surface area contributed by atoms with Crippen molar-refractivity contribution in [3.05, 3.63) is 18.4 Å². The van der Waals surface area contributed by atoms with E-state index in [-0.39, 0.29) is 0 Å². The van der Waals surface area contributed by atoms with E-state index in [0.29, 0.717) is 17.6 Å². The van der Waals surface area contributed by atoms with Crippen LogP contribution in [0.4, 0.5) is 0 Å². The quantitative estimate of drug-likeness (QED) is 0.351. The zero-order chi connectivity index (χ0) is 17.0. The van der Waals surface area contributed by atoms with Gasteiger partial charge >= 0.3 is 0 Å². The van der Waals surface area contributed by atoms with E-state index in [9.17, 15) is 4.79 Å². The molecule has 0 aromatic rings. The van der Waals surface area contributed by atoms with E-state index in [0.717, 1.165) is 24.7 Å². The number of allylic oxidation sites excluding steroid dienone is 1. The van der Waals surface area contributed by atoms with Gasteiger partial charge in [0.25, 0.3) is 0 Å². The number of ketones is 1. The van der Waals surface area contributed by atoms with E-state index in [1.165, 1.54) is 38.5 Å². The molecule has 0 aromatic carbocycles. The molecule has 0 bridgehead atoms. The summed E-state index contributed by atoms with van der Waals surface area (Å²) in [4.78, 5) is 10.9. The van der Waals surface area contributed by atoms with Crippen molar-refractivity contribution in [1.29, 1.82) is 0 Å². The van der Waals surface area contributed by atoms with E-state index < -0.39 is 0 Å². The van der Waals surface area contributed by atoms with Crippen LogP contribution in [0, 0.1) is 23.7 Å². The molecule has 0 amide bonds. The molecule has 0 aromatic heterocycles. The van der Waals surface area contributed by atoms with Gasteiger partial charge in [-0.1, -0.05) is 66.4 Å². The molecule has 1 heteroatoms. The van der Waals surface area contributed by atoms with Crippen LogP contribution in [0.3, 0.4) is 0 Å². The Morgan fingerprint density at radius 2 is 1.50 bits per heavy atom. The fourth-order valence-corrected chi connectivity index (χ4v) is 3.04. The number of Topliss-reactive ketones (excluding diaryl/α,β-unsaturated/α-hetero) is 1. The molecule has 0 radical (unpaired) electrons. The van der Waals surface area contributed by atoms with Gasteiger partial charge in [-0.05, 0) is 49.5 Å². The molecular weight excluding hydrogens is 268 g/mol. The first-order chi connectivity index (χ1) is 10.4. The molecule has 0 aliphatic rings. The van der Waals surface area contributed by atoms with Gasteiger partial charge in [0.2, 0.25) is 0 Å². The summed E-state index contributed by atoms with van der Waals surface area (Å²) in [5, 5.41) is 0. The third-order valence-corrected chi connectivity index (χ3v) is 4.80. The van der Waals surface area contributed by atoms with E-state index >= 15 is 0 Å². The van der Waals surface area contributed by atoms with Crippen LogP contribution in [0.5, 0.6) is 0 Å². The van der Waals surface area contributed by atoms with Crippen molar-refractivity contribution < 1.29 is 4.79 Å². The summed E-state index contributed by atoms with van der Waals surface area (Å²) in [5.41, 5.74) is 2.96. The number of hydrogen-bond acceptors (Lipinski definition) is 1. The molecule has 0 fully saturated rings. The maximum Gasteiger partial charge on any atom is 0.129 e. The highest BCUT2D eigenvalue weighted by atomic mass is 16.1. The van der Waals surface area contributed by atoms with Crippen LogP contribution in [0.1, 0.15) is 86.0 Å². The molecule has 0 aliphatic heterocycles. The van der Waals surface area contributed by atoms with Crippen LogP contribution in [-0.4, -0.2) is 5.78 Å². The zero-order valence-electron chi connectivity index (χ0n) is 15.7. The van der Waals surface area contributed by atoms with Gasteiger partial charge in [-0.15, -0.1) is 5.73 Å². The Labute approximate surface area is 139 Å². The fraction of sp³-hybridized carbons (Fsp3) is 0.810. The highest BCUT2D eigenvalue weighted by molar-refractivity contribution is 5.75. The maximum absolute atomic E-state index is 10.9. The Morgan fingerprint density at radius 3 is 2.00 bits per heavy atom. The lowest BCUT2D eigenvalue weighted by Gasteiger charge is -2.19. The van der Waals surface area contributed by atoms with Gasteiger partial charge in [0.1, 0.15) is 5.78 Å². The Hall–Kier alpha value is -0.810. The summed E-state index contributed by atoms with van der Waals surface area (Å²) in [6.45, 7) is 14.7. The molecular formula is C21H38O. The average molecular weight is 307 g/mol. The number of rotatable bonds is 13. The molecule has 3 unspecified atom stereocenters. The lowest BCUT2D eigenvalue weighted by molar-refractivity contribution is -0.117. The van der Waals surface area contributed by atoms with Gasteiger partial charge in [-0.3, -0.25) is 0 Å². The minimum absolute atomic E-state index is 0.328. The van der Waals surface area contributed by atoms with Crippen LogP contribution >= 0.6 is 0 Å². The van der Waals surface area contributed by atoms with Crippen molar-refractivity contribution in [2.45, 2.75) is 86.0 Å². The van der Waals surface area contributed by atoms with E-state index in [1.54, 1.807) is 6.92 Å². The Kier molecular flexibility index (Phi) is 12.2. The second-order valence-electron chi connectivity index (χ2n) is 7.59. The topological polar surface area (TPSA) is 17.1 Å². The summed E-state index contributed by atoms with van der Waals surface area (Å²) in [7, 11) is 0. The van der Waals surface area contributed by atoms with Crippen molar-refractivity contribution in [2.24, 2.45) is 23.7 Å². The summed E-state index contributed by atoms with van der Waals surface area (Å²) >= 11 is 0. The first-order valence-corrected chi connectivity index (χ1v) is 9.22. The third-order valence-electron chi connectivity index (χ3n) is 4.80. The molecule has 1 nitrogen and oxygen atoms in total. The normalized spacial score (nSPS) is 15.2. The number of carbonyl (C=O) groups is 1.